The molecule has 4 nitrogen and oxygen atoms in total. The molecule has 1 spiro atoms. The topological polar surface area (TPSA) is 36.9 Å². The van der Waals surface area contributed by atoms with Crippen molar-refractivity contribution in [2.24, 2.45) is 11.8 Å². The van der Waals surface area contributed by atoms with E-state index in [4.69, 9.17) is 18.9 Å². The van der Waals surface area contributed by atoms with Gasteiger partial charge < -0.3 is 18.9 Å². The minimum absolute atomic E-state index is 0.166. The van der Waals surface area contributed by atoms with E-state index in [1.54, 1.807) is 7.11 Å². The zero-order valence-electron chi connectivity index (χ0n) is 17.9. The Morgan fingerprint density at radius 2 is 1.79 bits per heavy atom. The quantitative estimate of drug-likeness (QED) is 0.456. The van der Waals surface area contributed by atoms with Crippen molar-refractivity contribution < 1.29 is 18.9 Å². The van der Waals surface area contributed by atoms with Crippen LogP contribution >= 0.6 is 0 Å². The summed E-state index contributed by atoms with van der Waals surface area (Å²) in [6.07, 6.45) is 9.85. The van der Waals surface area contributed by atoms with Crippen molar-refractivity contribution in [1.82, 2.24) is 0 Å². The van der Waals surface area contributed by atoms with Gasteiger partial charge in [0.15, 0.2) is 5.79 Å². The first kappa shape index (κ1) is 21.4. The Bertz CT molecular complexity index is 622. The van der Waals surface area contributed by atoms with E-state index in [1.165, 1.54) is 0 Å². The van der Waals surface area contributed by atoms with Crippen LogP contribution in [0.2, 0.25) is 0 Å². The third-order valence-electron chi connectivity index (χ3n) is 6.23. The smallest absolute Gasteiger partial charge is 0.169 e. The number of hydrogen-bond acceptors (Lipinski definition) is 4. The first-order chi connectivity index (χ1) is 13.5. The summed E-state index contributed by atoms with van der Waals surface area (Å²) in [5, 5.41) is 0. The van der Waals surface area contributed by atoms with Gasteiger partial charge in [-0.15, -0.1) is 0 Å². The van der Waals surface area contributed by atoms with Crippen molar-refractivity contribution in [3.8, 4) is 5.75 Å². The molecule has 0 bridgehead atoms. The second-order valence-corrected chi connectivity index (χ2v) is 8.40. The zero-order chi connectivity index (χ0) is 20.0. The van der Waals surface area contributed by atoms with Crippen LogP contribution in [0, 0.1) is 11.8 Å². The molecular formula is C24H36O4. The SMILES string of the molecule is C/C=C/[C@@H]1O[C@]2(CC[C@@H]1C)CC[C@H](C)[C@@H](CCOCc1ccc(OC)cc1)O2. The van der Waals surface area contributed by atoms with E-state index in [0.717, 1.165) is 43.4 Å². The predicted molar refractivity (Wildman–Crippen MR) is 111 cm³/mol. The molecule has 0 aromatic heterocycles. The lowest BCUT2D eigenvalue weighted by Crippen LogP contribution is -2.51. The first-order valence-corrected chi connectivity index (χ1v) is 10.7. The molecule has 0 saturated carbocycles. The van der Waals surface area contributed by atoms with Gasteiger partial charge in [-0.1, -0.05) is 38.1 Å². The number of hydrogen-bond donors (Lipinski definition) is 0. The lowest BCUT2D eigenvalue weighted by atomic mass is 9.84. The van der Waals surface area contributed by atoms with Crippen LogP contribution in [-0.2, 0) is 20.8 Å². The molecule has 2 aliphatic heterocycles. The van der Waals surface area contributed by atoms with Gasteiger partial charge in [-0.2, -0.15) is 0 Å². The highest BCUT2D eigenvalue weighted by atomic mass is 16.7. The normalized spacial score (nSPS) is 33.4. The van der Waals surface area contributed by atoms with E-state index < -0.39 is 5.79 Å². The number of allylic oxidation sites excluding steroid dienone is 1. The molecule has 1 aromatic carbocycles. The van der Waals surface area contributed by atoms with Gasteiger partial charge in [0.2, 0.25) is 0 Å². The fourth-order valence-corrected chi connectivity index (χ4v) is 4.26. The predicted octanol–water partition coefficient (Wildman–Crippen LogP) is 5.50. The van der Waals surface area contributed by atoms with Gasteiger partial charge in [0.05, 0.1) is 25.9 Å². The van der Waals surface area contributed by atoms with Crippen LogP contribution in [0.1, 0.15) is 58.4 Å². The molecule has 2 fully saturated rings. The van der Waals surface area contributed by atoms with Gasteiger partial charge in [-0.05, 0) is 55.7 Å². The average molecular weight is 389 g/mol. The molecule has 0 unspecified atom stereocenters. The summed E-state index contributed by atoms with van der Waals surface area (Å²) in [6.45, 7) is 7.94. The average Bonchev–Trinajstić information content (AvgIpc) is 2.71. The van der Waals surface area contributed by atoms with E-state index in [-0.39, 0.29) is 12.2 Å². The fraction of sp³-hybridized carbons (Fsp3) is 0.667. The minimum atomic E-state index is -0.399. The van der Waals surface area contributed by atoms with Gasteiger partial charge in [0, 0.05) is 19.4 Å². The molecule has 1 aromatic rings. The Morgan fingerprint density at radius 1 is 1.07 bits per heavy atom. The molecule has 2 heterocycles. The third kappa shape index (κ3) is 5.37. The number of benzene rings is 1. The second kappa shape index (κ2) is 9.91. The van der Waals surface area contributed by atoms with Crippen LogP contribution in [0.5, 0.6) is 5.75 Å². The summed E-state index contributed by atoms with van der Waals surface area (Å²) in [4.78, 5) is 0. The van der Waals surface area contributed by atoms with E-state index >= 15 is 0 Å². The summed E-state index contributed by atoms with van der Waals surface area (Å²) in [7, 11) is 1.68. The molecule has 0 radical (unpaired) electrons. The molecular weight excluding hydrogens is 352 g/mol. The van der Waals surface area contributed by atoms with Crippen LogP contribution in [0.3, 0.4) is 0 Å². The fourth-order valence-electron chi connectivity index (χ4n) is 4.26. The maximum absolute atomic E-state index is 6.58. The zero-order valence-corrected chi connectivity index (χ0v) is 17.9. The maximum Gasteiger partial charge on any atom is 0.169 e. The Labute approximate surface area is 170 Å². The van der Waals surface area contributed by atoms with Crippen LogP contribution in [-0.4, -0.2) is 31.7 Å². The van der Waals surface area contributed by atoms with Crippen LogP contribution in [0.15, 0.2) is 36.4 Å². The van der Waals surface area contributed by atoms with Gasteiger partial charge in [0.25, 0.3) is 0 Å². The van der Waals surface area contributed by atoms with Crippen molar-refractivity contribution in [3.63, 3.8) is 0 Å². The van der Waals surface area contributed by atoms with Gasteiger partial charge in [-0.3, -0.25) is 0 Å². The van der Waals surface area contributed by atoms with Crippen molar-refractivity contribution in [3.05, 3.63) is 42.0 Å². The summed E-state index contributed by atoms with van der Waals surface area (Å²) in [6, 6.07) is 8.03. The highest BCUT2D eigenvalue weighted by Gasteiger charge is 2.45. The van der Waals surface area contributed by atoms with E-state index in [9.17, 15) is 0 Å². The molecule has 2 saturated heterocycles. The Hall–Kier alpha value is -1.36. The van der Waals surface area contributed by atoms with Gasteiger partial charge >= 0.3 is 0 Å². The maximum atomic E-state index is 6.58. The van der Waals surface area contributed by atoms with Crippen molar-refractivity contribution in [1.29, 1.82) is 0 Å². The molecule has 156 valence electrons. The summed E-state index contributed by atoms with van der Waals surface area (Å²) < 4.78 is 24.2. The third-order valence-corrected chi connectivity index (χ3v) is 6.23. The number of rotatable bonds is 7. The highest BCUT2D eigenvalue weighted by Crippen LogP contribution is 2.43. The molecule has 0 aliphatic carbocycles. The van der Waals surface area contributed by atoms with Crippen molar-refractivity contribution in [2.45, 2.75) is 77.5 Å². The lowest BCUT2D eigenvalue weighted by molar-refractivity contribution is -0.325. The Kier molecular flexibility index (Phi) is 7.55. The summed E-state index contributed by atoms with van der Waals surface area (Å²) in [5.41, 5.74) is 1.16. The van der Waals surface area contributed by atoms with Crippen LogP contribution in [0.25, 0.3) is 0 Å². The van der Waals surface area contributed by atoms with E-state index in [0.29, 0.717) is 25.0 Å². The molecule has 0 amide bonds. The largest absolute Gasteiger partial charge is 0.497 e. The standard InChI is InChI=1S/C24H36O4/c1-5-6-22-18(2)11-14-24(27-22)15-12-19(3)23(28-24)13-16-26-17-20-7-9-21(25-4)10-8-20/h5-10,18-19,22-23H,11-17H2,1-4H3/b6-5+/t18-,19-,22-,23+,24-/m0/s1. The Balaban J connectivity index is 1.49. The molecule has 28 heavy (non-hydrogen) atoms. The molecule has 3 rings (SSSR count). The lowest BCUT2D eigenvalue weighted by Gasteiger charge is -2.49. The molecule has 2 aliphatic rings. The van der Waals surface area contributed by atoms with E-state index in [1.807, 2.05) is 24.3 Å². The monoisotopic (exact) mass is 388 g/mol. The number of ether oxygens (including phenoxy) is 4. The van der Waals surface area contributed by atoms with Crippen LogP contribution in [0.4, 0.5) is 0 Å². The molecule has 5 atom stereocenters. The highest BCUT2D eigenvalue weighted by molar-refractivity contribution is 5.26. The van der Waals surface area contributed by atoms with Crippen molar-refractivity contribution >= 4 is 0 Å². The molecule has 4 heteroatoms. The van der Waals surface area contributed by atoms with Crippen LogP contribution < -0.4 is 4.74 Å². The summed E-state index contributed by atoms with van der Waals surface area (Å²) in [5.74, 6) is 1.56. The summed E-state index contributed by atoms with van der Waals surface area (Å²) >= 11 is 0. The van der Waals surface area contributed by atoms with Gasteiger partial charge in [-0.25, -0.2) is 0 Å². The number of methoxy groups -OCH3 is 1. The Morgan fingerprint density at radius 3 is 2.46 bits per heavy atom. The van der Waals surface area contributed by atoms with Gasteiger partial charge in [0.1, 0.15) is 5.75 Å². The first-order valence-electron chi connectivity index (χ1n) is 10.7. The van der Waals surface area contributed by atoms with E-state index in [2.05, 4.69) is 32.9 Å². The van der Waals surface area contributed by atoms with Crippen molar-refractivity contribution in [2.75, 3.05) is 13.7 Å². The minimum Gasteiger partial charge on any atom is -0.497 e. The molecule has 0 N–H and O–H groups in total. The second-order valence-electron chi connectivity index (χ2n) is 8.40.